The number of aromatic nitrogens is 2. The third kappa shape index (κ3) is 8.08. The van der Waals surface area contributed by atoms with Crippen molar-refractivity contribution in [3.63, 3.8) is 0 Å². The van der Waals surface area contributed by atoms with Crippen molar-refractivity contribution in [2.24, 2.45) is 0 Å². The molecule has 4 rings (SSSR count). The van der Waals surface area contributed by atoms with E-state index in [2.05, 4.69) is 25.9 Å². The monoisotopic (exact) mass is 527 g/mol. The standard InChI is InChI=1S/C24H23N5O2.C2HF3O2/c1-25-23-20-7-2-3-8-21(20)28-24(29-23)26-15-16-9-11-18(12-10-16)27-22(31)14-17-5-4-6-19(30)13-17;3-2(4,5)1(6)7/h2-13,30H,14-15H2,1H3,(H,27,31)(H2,25,26,28,29);(H,6,7). The average molecular weight is 528 g/mol. The van der Waals surface area contributed by atoms with Crippen LogP contribution in [-0.4, -0.2) is 45.3 Å². The highest BCUT2D eigenvalue weighted by molar-refractivity contribution is 5.92. The van der Waals surface area contributed by atoms with E-state index in [9.17, 15) is 23.1 Å². The van der Waals surface area contributed by atoms with Crippen molar-refractivity contribution < 1.29 is 33.0 Å². The van der Waals surface area contributed by atoms with E-state index in [1.165, 1.54) is 0 Å². The number of phenolic OH excluding ortho intramolecular Hbond substituents is 1. The van der Waals surface area contributed by atoms with Crippen LogP contribution in [-0.2, 0) is 22.6 Å². The molecule has 4 aromatic rings. The molecule has 0 atom stereocenters. The Morgan fingerprint density at radius 3 is 2.24 bits per heavy atom. The molecule has 0 aliphatic rings. The summed E-state index contributed by atoms with van der Waals surface area (Å²) in [6.07, 6.45) is -4.88. The molecule has 5 N–H and O–H groups in total. The molecule has 1 heterocycles. The third-order valence-corrected chi connectivity index (χ3v) is 5.05. The summed E-state index contributed by atoms with van der Waals surface area (Å²) in [5, 5.41) is 26.8. The quantitative estimate of drug-likeness (QED) is 0.231. The summed E-state index contributed by atoms with van der Waals surface area (Å²) in [6, 6.07) is 22.1. The minimum Gasteiger partial charge on any atom is -0.508 e. The lowest BCUT2D eigenvalue weighted by Crippen LogP contribution is -2.21. The molecule has 0 unspecified atom stereocenters. The number of hydrogen-bond donors (Lipinski definition) is 5. The minimum atomic E-state index is -5.08. The van der Waals surface area contributed by atoms with Gasteiger partial charge >= 0.3 is 12.1 Å². The number of phenols is 1. The molecule has 0 spiro atoms. The first-order valence-electron chi connectivity index (χ1n) is 11.2. The molecular weight excluding hydrogens is 503 g/mol. The number of benzene rings is 3. The van der Waals surface area contributed by atoms with E-state index < -0.39 is 12.1 Å². The van der Waals surface area contributed by atoms with Gasteiger partial charge in [-0.25, -0.2) is 9.78 Å². The summed E-state index contributed by atoms with van der Waals surface area (Å²) in [5.74, 6) is -1.42. The Bertz CT molecular complexity index is 1410. The number of carbonyl (C=O) groups excluding carboxylic acids is 1. The van der Waals surface area contributed by atoms with Crippen LogP contribution in [0.3, 0.4) is 0 Å². The van der Waals surface area contributed by atoms with Gasteiger partial charge < -0.3 is 26.2 Å². The van der Waals surface area contributed by atoms with Crippen molar-refractivity contribution in [3.8, 4) is 5.75 Å². The maximum atomic E-state index is 12.2. The van der Waals surface area contributed by atoms with Gasteiger partial charge in [0.25, 0.3) is 0 Å². The van der Waals surface area contributed by atoms with Gasteiger partial charge in [0.1, 0.15) is 11.6 Å². The highest BCUT2D eigenvalue weighted by atomic mass is 19.4. The molecule has 0 aliphatic carbocycles. The van der Waals surface area contributed by atoms with E-state index in [1.807, 2.05) is 61.6 Å². The normalized spacial score (nSPS) is 10.7. The van der Waals surface area contributed by atoms with Crippen molar-refractivity contribution in [3.05, 3.63) is 83.9 Å². The van der Waals surface area contributed by atoms with Gasteiger partial charge in [-0.1, -0.05) is 36.4 Å². The van der Waals surface area contributed by atoms with Gasteiger partial charge in [0.2, 0.25) is 11.9 Å². The maximum absolute atomic E-state index is 12.2. The van der Waals surface area contributed by atoms with E-state index in [0.29, 0.717) is 18.2 Å². The summed E-state index contributed by atoms with van der Waals surface area (Å²) >= 11 is 0. The van der Waals surface area contributed by atoms with Crippen LogP contribution < -0.4 is 16.0 Å². The molecule has 1 aromatic heterocycles. The summed E-state index contributed by atoms with van der Waals surface area (Å²) in [4.78, 5) is 30.2. The molecule has 3 aromatic carbocycles. The number of amides is 1. The third-order valence-electron chi connectivity index (χ3n) is 5.05. The number of carboxylic acid groups (broad SMARTS) is 1. The van der Waals surface area contributed by atoms with Gasteiger partial charge in [-0.05, 0) is 47.5 Å². The van der Waals surface area contributed by atoms with Crippen LogP contribution in [0.5, 0.6) is 5.75 Å². The maximum Gasteiger partial charge on any atom is 0.490 e. The zero-order chi connectivity index (χ0) is 27.7. The Kier molecular flexibility index (Phi) is 9.04. The van der Waals surface area contributed by atoms with E-state index in [4.69, 9.17) is 9.90 Å². The Labute approximate surface area is 215 Å². The fraction of sp³-hybridized carbons (Fsp3) is 0.154. The summed E-state index contributed by atoms with van der Waals surface area (Å²) in [5.41, 5.74) is 3.38. The van der Waals surface area contributed by atoms with Crippen LogP contribution in [0, 0.1) is 0 Å². The zero-order valence-corrected chi connectivity index (χ0v) is 20.1. The van der Waals surface area contributed by atoms with E-state index in [1.54, 1.807) is 18.2 Å². The van der Waals surface area contributed by atoms with Gasteiger partial charge in [-0.3, -0.25) is 4.79 Å². The van der Waals surface area contributed by atoms with Crippen LogP contribution in [0.25, 0.3) is 10.9 Å². The predicted molar refractivity (Wildman–Crippen MR) is 137 cm³/mol. The molecule has 0 saturated carbocycles. The Morgan fingerprint density at radius 1 is 0.921 bits per heavy atom. The number of fused-ring (bicyclic) bond motifs is 1. The molecule has 0 saturated heterocycles. The van der Waals surface area contributed by atoms with E-state index in [0.717, 1.165) is 27.8 Å². The molecule has 0 fully saturated rings. The first-order chi connectivity index (χ1) is 18.0. The number of aliphatic carboxylic acids is 1. The first kappa shape index (κ1) is 27.7. The topological polar surface area (TPSA) is 136 Å². The van der Waals surface area contributed by atoms with E-state index in [-0.39, 0.29) is 18.1 Å². The number of nitrogens with zero attached hydrogens (tertiary/aromatic N) is 2. The number of carbonyl (C=O) groups is 2. The van der Waals surface area contributed by atoms with Crippen LogP contribution in [0.4, 0.5) is 30.6 Å². The molecule has 0 bridgehead atoms. The number of alkyl halides is 3. The smallest absolute Gasteiger partial charge is 0.490 e. The summed E-state index contributed by atoms with van der Waals surface area (Å²) in [6.45, 7) is 0.555. The molecule has 1 amide bonds. The number of carboxylic acids is 1. The van der Waals surface area contributed by atoms with Crippen molar-refractivity contribution in [2.45, 2.75) is 19.1 Å². The number of halogens is 3. The number of rotatable bonds is 7. The van der Waals surface area contributed by atoms with Crippen molar-refractivity contribution in [2.75, 3.05) is 23.0 Å². The highest BCUT2D eigenvalue weighted by Gasteiger charge is 2.38. The van der Waals surface area contributed by atoms with Crippen LogP contribution in [0.2, 0.25) is 0 Å². The summed E-state index contributed by atoms with van der Waals surface area (Å²) < 4.78 is 31.7. The average Bonchev–Trinajstić information content (AvgIpc) is 2.87. The summed E-state index contributed by atoms with van der Waals surface area (Å²) in [7, 11) is 1.84. The van der Waals surface area contributed by atoms with E-state index >= 15 is 0 Å². The number of aromatic hydroxyl groups is 1. The Hall–Kier alpha value is -4.87. The lowest BCUT2D eigenvalue weighted by Gasteiger charge is -2.10. The van der Waals surface area contributed by atoms with Gasteiger partial charge in [-0.2, -0.15) is 18.2 Å². The van der Waals surface area contributed by atoms with Gasteiger partial charge in [-0.15, -0.1) is 0 Å². The molecule has 0 radical (unpaired) electrons. The zero-order valence-electron chi connectivity index (χ0n) is 20.1. The number of nitrogens with one attached hydrogen (secondary N) is 3. The van der Waals surface area contributed by atoms with Crippen molar-refractivity contribution in [1.82, 2.24) is 9.97 Å². The van der Waals surface area contributed by atoms with Crippen LogP contribution in [0.15, 0.2) is 72.8 Å². The second kappa shape index (κ2) is 12.4. The molecule has 198 valence electrons. The van der Waals surface area contributed by atoms with Gasteiger partial charge in [0.05, 0.1) is 11.9 Å². The largest absolute Gasteiger partial charge is 0.508 e. The minimum absolute atomic E-state index is 0.138. The molecule has 38 heavy (non-hydrogen) atoms. The SMILES string of the molecule is CNc1nc(NCc2ccc(NC(=O)Cc3cccc(O)c3)cc2)nc2ccccc12.O=C(O)C(F)(F)F. The predicted octanol–water partition coefficient (Wildman–Crippen LogP) is 4.80. The molecule has 12 heteroatoms. The number of anilines is 3. The van der Waals surface area contributed by atoms with Crippen molar-refractivity contribution in [1.29, 1.82) is 0 Å². The first-order valence-corrected chi connectivity index (χ1v) is 11.2. The number of para-hydroxylation sites is 1. The lowest BCUT2D eigenvalue weighted by atomic mass is 10.1. The highest BCUT2D eigenvalue weighted by Crippen LogP contribution is 2.22. The molecular formula is C26H24F3N5O4. The Balaban J connectivity index is 0.000000505. The second-order valence-electron chi connectivity index (χ2n) is 7.91. The fourth-order valence-electron chi connectivity index (χ4n) is 3.29. The molecule has 9 nitrogen and oxygen atoms in total. The second-order valence-corrected chi connectivity index (χ2v) is 7.91. The van der Waals surface area contributed by atoms with Crippen LogP contribution in [0.1, 0.15) is 11.1 Å². The Morgan fingerprint density at radius 2 is 1.61 bits per heavy atom. The molecule has 0 aliphatic heterocycles. The van der Waals surface area contributed by atoms with Gasteiger partial charge in [0.15, 0.2) is 0 Å². The fourth-order valence-corrected chi connectivity index (χ4v) is 3.29. The van der Waals surface area contributed by atoms with Crippen molar-refractivity contribution >= 4 is 40.2 Å². The lowest BCUT2D eigenvalue weighted by molar-refractivity contribution is -0.192. The van der Waals surface area contributed by atoms with Gasteiger partial charge in [0, 0.05) is 24.7 Å². The van der Waals surface area contributed by atoms with Crippen LogP contribution >= 0.6 is 0 Å². The number of hydrogen-bond acceptors (Lipinski definition) is 7.